The molecule has 0 aliphatic heterocycles. The zero-order valence-electron chi connectivity index (χ0n) is 9.41. The Morgan fingerprint density at radius 1 is 1.50 bits per heavy atom. The monoisotopic (exact) mass is 203 g/mol. The van der Waals surface area contributed by atoms with Gasteiger partial charge in [0, 0.05) is 13.0 Å². The number of carboxylic acids is 1. The van der Waals surface area contributed by atoms with Gasteiger partial charge in [-0.1, -0.05) is 20.8 Å². The average Bonchev–Trinajstić information content (AvgIpc) is 2.17. The fourth-order valence-corrected chi connectivity index (χ4v) is 1.26. The van der Waals surface area contributed by atoms with E-state index in [1.165, 1.54) is 0 Å². The van der Waals surface area contributed by atoms with Crippen LogP contribution in [0.15, 0.2) is 0 Å². The molecule has 4 nitrogen and oxygen atoms in total. The molecule has 84 valence electrons. The molecule has 0 bridgehead atoms. The Hall–Kier alpha value is -0.610. The molecule has 0 saturated heterocycles. The van der Waals surface area contributed by atoms with E-state index in [9.17, 15) is 4.79 Å². The fraction of sp³-hybridized carbons (Fsp3) is 0.900. The molecule has 0 aromatic rings. The summed E-state index contributed by atoms with van der Waals surface area (Å²) in [4.78, 5) is 10.8. The Morgan fingerprint density at radius 3 is 2.43 bits per heavy atom. The first-order valence-corrected chi connectivity index (χ1v) is 5.03. The molecule has 2 N–H and O–H groups in total. The maximum absolute atomic E-state index is 10.8. The van der Waals surface area contributed by atoms with E-state index in [0.29, 0.717) is 0 Å². The zero-order valence-corrected chi connectivity index (χ0v) is 9.41. The average molecular weight is 203 g/mol. The summed E-state index contributed by atoms with van der Waals surface area (Å²) in [7, 11) is 1.60. The highest BCUT2D eigenvalue weighted by Gasteiger charge is 2.26. The molecule has 4 heteroatoms. The van der Waals surface area contributed by atoms with Crippen LogP contribution in [-0.2, 0) is 9.53 Å². The van der Waals surface area contributed by atoms with Crippen LogP contribution in [0.25, 0.3) is 0 Å². The largest absolute Gasteiger partial charge is 0.481 e. The summed E-state index contributed by atoms with van der Waals surface area (Å²) in [5.74, 6) is -1.22. The number of aliphatic carboxylic acids is 1. The molecular formula is C10H21NO3. The van der Waals surface area contributed by atoms with Crippen LogP contribution in [0.4, 0.5) is 0 Å². The van der Waals surface area contributed by atoms with Gasteiger partial charge in [0.1, 0.15) is 6.23 Å². The van der Waals surface area contributed by atoms with Gasteiger partial charge in [-0.25, -0.2) is 0 Å². The fourth-order valence-electron chi connectivity index (χ4n) is 1.26. The molecular weight excluding hydrogens is 182 g/mol. The van der Waals surface area contributed by atoms with Crippen LogP contribution in [-0.4, -0.2) is 31.0 Å². The van der Waals surface area contributed by atoms with Crippen molar-refractivity contribution in [1.82, 2.24) is 5.32 Å². The minimum Gasteiger partial charge on any atom is -0.481 e. The lowest BCUT2D eigenvalue weighted by Crippen LogP contribution is -2.41. The van der Waals surface area contributed by atoms with E-state index in [1.54, 1.807) is 14.0 Å². The third-order valence-electron chi connectivity index (χ3n) is 2.51. The van der Waals surface area contributed by atoms with E-state index >= 15 is 0 Å². The van der Waals surface area contributed by atoms with E-state index in [-0.39, 0.29) is 12.1 Å². The smallest absolute Gasteiger partial charge is 0.306 e. The summed E-state index contributed by atoms with van der Waals surface area (Å²) < 4.78 is 5.21. The highest BCUT2D eigenvalue weighted by molar-refractivity contribution is 5.69. The van der Waals surface area contributed by atoms with Crippen LogP contribution in [0.3, 0.4) is 0 Å². The van der Waals surface area contributed by atoms with Crippen LogP contribution >= 0.6 is 0 Å². The zero-order chi connectivity index (χ0) is 11.1. The molecule has 0 saturated carbocycles. The van der Waals surface area contributed by atoms with Gasteiger partial charge in [0.25, 0.3) is 0 Å². The first kappa shape index (κ1) is 13.4. The molecule has 0 fully saturated rings. The topological polar surface area (TPSA) is 58.6 Å². The number of hydrogen-bond donors (Lipinski definition) is 2. The summed E-state index contributed by atoms with van der Waals surface area (Å²) in [6, 6.07) is 0. The van der Waals surface area contributed by atoms with E-state index in [4.69, 9.17) is 9.84 Å². The number of methoxy groups -OCH3 is 1. The van der Waals surface area contributed by atoms with E-state index in [0.717, 1.165) is 13.0 Å². The van der Waals surface area contributed by atoms with Gasteiger partial charge in [-0.05, 0) is 13.0 Å². The molecule has 3 atom stereocenters. The van der Waals surface area contributed by atoms with E-state index in [2.05, 4.69) is 12.2 Å². The highest BCUT2D eigenvalue weighted by Crippen LogP contribution is 2.16. The number of ether oxygens (including phenoxy) is 1. The first-order valence-electron chi connectivity index (χ1n) is 5.03. The molecule has 0 aliphatic rings. The third-order valence-corrected chi connectivity index (χ3v) is 2.51. The summed E-state index contributed by atoms with van der Waals surface area (Å²) in [5, 5.41) is 12.0. The summed E-state index contributed by atoms with van der Waals surface area (Å²) in [6.45, 7) is 6.49. The maximum atomic E-state index is 10.8. The molecule has 0 spiro atoms. The molecule has 2 unspecified atom stereocenters. The van der Waals surface area contributed by atoms with Crippen LogP contribution in [0.1, 0.15) is 27.2 Å². The van der Waals surface area contributed by atoms with Crippen molar-refractivity contribution in [2.24, 2.45) is 11.8 Å². The van der Waals surface area contributed by atoms with Crippen molar-refractivity contribution in [3.63, 3.8) is 0 Å². The van der Waals surface area contributed by atoms with Crippen LogP contribution in [0, 0.1) is 11.8 Å². The second kappa shape index (κ2) is 6.79. The first-order chi connectivity index (χ1) is 6.54. The Kier molecular flexibility index (Phi) is 6.49. The van der Waals surface area contributed by atoms with Crippen molar-refractivity contribution >= 4 is 5.97 Å². The Balaban J connectivity index is 4.14. The molecule has 0 heterocycles. The van der Waals surface area contributed by atoms with E-state index in [1.807, 2.05) is 6.92 Å². The minimum atomic E-state index is -0.780. The lowest BCUT2D eigenvalue weighted by atomic mass is 9.94. The number of carbonyl (C=O) groups is 1. The number of rotatable bonds is 7. The van der Waals surface area contributed by atoms with Gasteiger partial charge >= 0.3 is 5.97 Å². The molecule has 0 rings (SSSR count). The Morgan fingerprint density at radius 2 is 2.07 bits per heavy atom. The predicted molar refractivity (Wildman–Crippen MR) is 55.1 cm³/mol. The minimum absolute atomic E-state index is 0.0379. The van der Waals surface area contributed by atoms with Crippen LogP contribution in [0.2, 0.25) is 0 Å². The van der Waals surface area contributed by atoms with Gasteiger partial charge in [0.2, 0.25) is 0 Å². The standard InChI is InChI=1S/C10H21NO3/c1-5-6-11-9(14-4)7(2)8(3)10(12)13/h7-9,11H,5-6H2,1-4H3,(H,12,13)/t7?,8-,9?/m0/s1. The van der Waals surface area contributed by atoms with Gasteiger partial charge in [-0.3, -0.25) is 10.1 Å². The van der Waals surface area contributed by atoms with Gasteiger partial charge < -0.3 is 9.84 Å². The predicted octanol–water partition coefficient (Wildman–Crippen LogP) is 1.32. The van der Waals surface area contributed by atoms with Crippen LogP contribution in [0.5, 0.6) is 0 Å². The summed E-state index contributed by atoms with van der Waals surface area (Å²) in [5.41, 5.74) is 0. The van der Waals surface area contributed by atoms with Gasteiger partial charge in [-0.2, -0.15) is 0 Å². The normalized spacial score (nSPS) is 17.4. The molecule has 14 heavy (non-hydrogen) atoms. The SMILES string of the molecule is CCCNC(OC)C(C)[C@H](C)C(=O)O. The van der Waals surface area contributed by atoms with Gasteiger partial charge in [0.15, 0.2) is 0 Å². The van der Waals surface area contributed by atoms with Gasteiger partial charge in [-0.15, -0.1) is 0 Å². The molecule has 0 radical (unpaired) electrons. The second-order valence-electron chi connectivity index (χ2n) is 3.60. The maximum Gasteiger partial charge on any atom is 0.306 e. The van der Waals surface area contributed by atoms with E-state index < -0.39 is 11.9 Å². The molecule has 0 aliphatic carbocycles. The van der Waals surface area contributed by atoms with Crippen molar-refractivity contribution in [1.29, 1.82) is 0 Å². The number of nitrogens with one attached hydrogen (secondary N) is 1. The van der Waals surface area contributed by atoms with Crippen molar-refractivity contribution in [3.8, 4) is 0 Å². The lowest BCUT2D eigenvalue weighted by Gasteiger charge is -2.26. The van der Waals surface area contributed by atoms with Crippen molar-refractivity contribution < 1.29 is 14.6 Å². The summed E-state index contributed by atoms with van der Waals surface area (Å²) >= 11 is 0. The number of carboxylic acid groups (broad SMARTS) is 1. The van der Waals surface area contributed by atoms with Gasteiger partial charge in [0.05, 0.1) is 5.92 Å². The lowest BCUT2D eigenvalue weighted by molar-refractivity contribution is -0.145. The Bertz CT molecular complexity index is 173. The molecule has 0 amide bonds. The van der Waals surface area contributed by atoms with Crippen LogP contribution < -0.4 is 5.32 Å². The van der Waals surface area contributed by atoms with Crippen molar-refractivity contribution in [2.45, 2.75) is 33.4 Å². The number of hydrogen-bond acceptors (Lipinski definition) is 3. The highest BCUT2D eigenvalue weighted by atomic mass is 16.5. The third kappa shape index (κ3) is 4.07. The molecule has 0 aromatic heterocycles. The Labute approximate surface area is 85.6 Å². The second-order valence-corrected chi connectivity index (χ2v) is 3.60. The molecule has 0 aromatic carbocycles. The summed E-state index contributed by atoms with van der Waals surface area (Å²) in [6.07, 6.45) is 0.828. The quantitative estimate of drug-likeness (QED) is 0.613. The van der Waals surface area contributed by atoms with Crippen molar-refractivity contribution in [2.75, 3.05) is 13.7 Å². The van der Waals surface area contributed by atoms with Crippen molar-refractivity contribution in [3.05, 3.63) is 0 Å².